The minimum Gasteiger partial charge on any atom is -0.493 e. The summed E-state index contributed by atoms with van der Waals surface area (Å²) >= 11 is 3.31. The van der Waals surface area contributed by atoms with E-state index in [1.54, 1.807) is 57.0 Å². The fourth-order valence-corrected chi connectivity index (χ4v) is 7.33. The average Bonchev–Trinajstić information content (AvgIpc) is 3.41. The van der Waals surface area contributed by atoms with Gasteiger partial charge in [-0.15, -0.1) is 10.2 Å². The number of amides is 2. The van der Waals surface area contributed by atoms with Crippen LogP contribution in [0.25, 0.3) is 16.8 Å². The van der Waals surface area contributed by atoms with Gasteiger partial charge in [-0.3, -0.25) is 18.8 Å². The summed E-state index contributed by atoms with van der Waals surface area (Å²) in [6, 6.07) is 11.1. The largest absolute Gasteiger partial charge is 0.493 e. The van der Waals surface area contributed by atoms with Crippen LogP contribution in [0.2, 0.25) is 0 Å². The van der Waals surface area contributed by atoms with Crippen LogP contribution in [0.5, 0.6) is 17.2 Å². The van der Waals surface area contributed by atoms with E-state index >= 15 is 0 Å². The molecule has 0 bridgehead atoms. The first kappa shape index (κ1) is 36.8. The van der Waals surface area contributed by atoms with Crippen LogP contribution < -0.4 is 35.6 Å². The van der Waals surface area contributed by atoms with Crippen molar-refractivity contribution in [3.8, 4) is 28.4 Å². The molecule has 0 saturated heterocycles. The Morgan fingerprint density at radius 1 is 0.980 bits per heavy atom. The first-order valence-corrected chi connectivity index (χ1v) is 19.1. The second kappa shape index (κ2) is 17.0. The highest BCUT2D eigenvalue weighted by molar-refractivity contribution is 7.98. The van der Waals surface area contributed by atoms with Crippen molar-refractivity contribution in [2.24, 2.45) is 0 Å². The number of methoxy groups -OCH3 is 3. The van der Waals surface area contributed by atoms with Crippen molar-refractivity contribution < 1.29 is 23.8 Å². The number of nitrogens with zero attached hydrogens (tertiary/aromatic N) is 3. The number of benzene rings is 1. The predicted molar refractivity (Wildman–Crippen MR) is 200 cm³/mol. The molecule has 12 nitrogen and oxygen atoms in total. The Balaban J connectivity index is 1.56. The molecule has 5 rings (SSSR count). The van der Waals surface area contributed by atoms with Crippen LogP contribution in [0, 0.1) is 0 Å². The van der Waals surface area contributed by atoms with Gasteiger partial charge < -0.3 is 30.2 Å². The number of nitrogens with one attached hydrogen (secondary N) is 3. The molecule has 0 radical (unpaired) electrons. The highest BCUT2D eigenvalue weighted by Gasteiger charge is 2.30. The molecule has 14 heteroatoms. The molecule has 2 amide bonds. The van der Waals surface area contributed by atoms with Crippen LogP contribution in [0.4, 0.5) is 5.69 Å². The third kappa shape index (κ3) is 7.96. The van der Waals surface area contributed by atoms with E-state index in [0.717, 1.165) is 16.9 Å². The first-order chi connectivity index (χ1) is 24.2. The lowest BCUT2D eigenvalue weighted by Crippen LogP contribution is -2.43. The van der Waals surface area contributed by atoms with Crippen LogP contribution >= 0.6 is 23.5 Å². The zero-order valence-electron chi connectivity index (χ0n) is 29.2. The summed E-state index contributed by atoms with van der Waals surface area (Å²) in [6.07, 6.45) is 8.14. The normalized spacial score (nSPS) is 14.8. The summed E-state index contributed by atoms with van der Waals surface area (Å²) in [6.45, 7) is 1.46. The van der Waals surface area contributed by atoms with Crippen molar-refractivity contribution in [2.75, 3.05) is 50.7 Å². The van der Waals surface area contributed by atoms with Gasteiger partial charge in [0.05, 0.1) is 39.1 Å². The number of rotatable bonds is 15. The van der Waals surface area contributed by atoms with E-state index in [1.165, 1.54) is 6.92 Å². The number of hydrogen-bond acceptors (Lipinski definition) is 11. The summed E-state index contributed by atoms with van der Waals surface area (Å²) in [4.78, 5) is 40.5. The summed E-state index contributed by atoms with van der Waals surface area (Å²) < 4.78 is 19.1. The minimum absolute atomic E-state index is 0.211. The van der Waals surface area contributed by atoms with Crippen molar-refractivity contribution in [3.05, 3.63) is 75.8 Å². The zero-order chi connectivity index (χ0) is 35.8. The maximum atomic E-state index is 14.1. The molecule has 0 unspecified atom stereocenters. The molecule has 50 heavy (non-hydrogen) atoms. The summed E-state index contributed by atoms with van der Waals surface area (Å²) in [5.41, 5.74) is 3.68. The van der Waals surface area contributed by atoms with Gasteiger partial charge in [-0.1, -0.05) is 12.1 Å². The van der Waals surface area contributed by atoms with E-state index in [0.29, 0.717) is 71.3 Å². The van der Waals surface area contributed by atoms with Crippen LogP contribution in [-0.4, -0.2) is 77.8 Å². The maximum Gasteiger partial charge on any atom is 0.243 e. The standard InChI is InChI=1S/C36H44N6O6S2/c1-21(43)37-25-12-10-22-19-30(46-2)33(47-3)34(48-4)32(22)23-11-13-26(29(44)20-24(23)25)38-28(15-18-50-6)36(45)39-27(14-17-49-5)35-41-40-31-9-7-8-16-42(31)35/h7-9,11,13,16,19-20,25,27-28H,10,12,14-15,17-18H2,1-6H3,(H,37,43)(H,38,44)(H,39,45)/t25-,27+,28-/m1/s1. The van der Waals surface area contributed by atoms with E-state index in [2.05, 4.69) is 26.1 Å². The van der Waals surface area contributed by atoms with Crippen molar-refractivity contribution in [1.29, 1.82) is 0 Å². The van der Waals surface area contributed by atoms with Gasteiger partial charge in [-0.05, 0) is 96.7 Å². The van der Waals surface area contributed by atoms with Crippen LogP contribution in [0.15, 0.2) is 53.5 Å². The number of ether oxygens (including phenoxy) is 3. The number of carbonyl (C=O) groups excluding carboxylic acids is 2. The molecule has 0 aliphatic heterocycles. The number of aryl methyl sites for hydroxylation is 1. The van der Waals surface area contributed by atoms with Gasteiger partial charge in [-0.25, -0.2) is 0 Å². The van der Waals surface area contributed by atoms with Gasteiger partial charge in [0.15, 0.2) is 23.0 Å². The third-order valence-electron chi connectivity index (χ3n) is 8.75. The molecule has 2 heterocycles. The average molecular weight is 721 g/mol. The Morgan fingerprint density at radius 2 is 1.74 bits per heavy atom. The SMILES string of the molecule is COc1cc2c(c(OC)c1OC)-c1ccc(N[C@H](CCSC)C(=O)N[C@@H](CCSC)c3nnc4ccccn34)c(=O)cc1[C@H](NC(C)=O)CC2. The monoisotopic (exact) mass is 720 g/mol. The molecule has 266 valence electrons. The summed E-state index contributed by atoms with van der Waals surface area (Å²) in [5, 5.41) is 18.2. The summed E-state index contributed by atoms with van der Waals surface area (Å²) in [5.74, 6) is 3.10. The molecule has 3 atom stereocenters. The Morgan fingerprint density at radius 3 is 2.44 bits per heavy atom. The molecule has 2 aromatic heterocycles. The van der Waals surface area contributed by atoms with E-state index in [4.69, 9.17) is 14.2 Å². The highest BCUT2D eigenvalue weighted by Crippen LogP contribution is 2.50. The van der Waals surface area contributed by atoms with Gasteiger partial charge in [0, 0.05) is 18.7 Å². The lowest BCUT2D eigenvalue weighted by molar-refractivity contribution is -0.123. The van der Waals surface area contributed by atoms with E-state index < -0.39 is 18.1 Å². The molecule has 0 fully saturated rings. The van der Waals surface area contributed by atoms with Crippen molar-refractivity contribution in [2.45, 2.75) is 50.7 Å². The quantitative estimate of drug-likeness (QED) is 0.152. The van der Waals surface area contributed by atoms with E-state index in [-0.39, 0.29) is 22.9 Å². The second-order valence-corrected chi connectivity index (χ2v) is 13.9. The fourth-order valence-electron chi connectivity index (χ4n) is 6.39. The smallest absolute Gasteiger partial charge is 0.243 e. The Kier molecular flexibility index (Phi) is 12.5. The number of aromatic nitrogens is 3. The molecule has 0 spiro atoms. The molecule has 0 saturated carbocycles. The molecular weight excluding hydrogens is 677 g/mol. The lowest BCUT2D eigenvalue weighted by Gasteiger charge is -2.23. The zero-order valence-corrected chi connectivity index (χ0v) is 30.8. The summed E-state index contributed by atoms with van der Waals surface area (Å²) in [7, 11) is 4.68. The van der Waals surface area contributed by atoms with Crippen LogP contribution in [0.3, 0.4) is 0 Å². The van der Waals surface area contributed by atoms with Crippen LogP contribution in [-0.2, 0) is 16.0 Å². The predicted octanol–water partition coefficient (Wildman–Crippen LogP) is 5.05. The first-order valence-electron chi connectivity index (χ1n) is 16.4. The molecule has 3 N–H and O–H groups in total. The lowest BCUT2D eigenvalue weighted by atomic mass is 9.95. The van der Waals surface area contributed by atoms with Crippen LogP contribution in [0.1, 0.15) is 55.2 Å². The molecule has 1 aliphatic carbocycles. The number of carbonyl (C=O) groups is 2. The van der Waals surface area contributed by atoms with Gasteiger partial charge in [0.25, 0.3) is 0 Å². The van der Waals surface area contributed by atoms with Crippen molar-refractivity contribution >= 4 is 46.7 Å². The Bertz CT molecular complexity index is 1900. The molecule has 1 aliphatic rings. The third-order valence-corrected chi connectivity index (χ3v) is 10.0. The van der Waals surface area contributed by atoms with Gasteiger partial charge >= 0.3 is 0 Å². The molecule has 4 aromatic rings. The Labute approximate surface area is 300 Å². The number of pyridine rings is 1. The van der Waals surface area contributed by atoms with Gasteiger partial charge in [-0.2, -0.15) is 23.5 Å². The number of fused-ring (bicyclic) bond motifs is 4. The van der Waals surface area contributed by atoms with Crippen molar-refractivity contribution in [3.63, 3.8) is 0 Å². The Hall–Kier alpha value is -4.43. The number of hydrogen-bond donors (Lipinski definition) is 3. The molecular formula is C36H44N6O6S2. The number of thioether (sulfide) groups is 2. The highest BCUT2D eigenvalue weighted by atomic mass is 32.2. The molecule has 2 aromatic carbocycles. The van der Waals surface area contributed by atoms with E-state index in [1.807, 2.05) is 53.4 Å². The van der Waals surface area contributed by atoms with Crippen molar-refractivity contribution in [1.82, 2.24) is 25.2 Å². The number of anilines is 1. The van der Waals surface area contributed by atoms with Gasteiger partial charge in [0.1, 0.15) is 6.04 Å². The second-order valence-electron chi connectivity index (χ2n) is 11.9. The van der Waals surface area contributed by atoms with Gasteiger partial charge in [0.2, 0.25) is 23.0 Å². The van der Waals surface area contributed by atoms with E-state index in [9.17, 15) is 14.4 Å². The fraction of sp³-hybridized carbons (Fsp3) is 0.417. The maximum absolute atomic E-state index is 14.1. The minimum atomic E-state index is -0.717. The topological polar surface area (TPSA) is 145 Å².